The molecule has 1 aliphatic heterocycles. The van der Waals surface area contributed by atoms with E-state index in [1.54, 1.807) is 4.90 Å². The number of methoxy groups -OCH3 is 1. The van der Waals surface area contributed by atoms with Crippen molar-refractivity contribution in [2.45, 2.75) is 90.2 Å². The fourth-order valence-corrected chi connectivity index (χ4v) is 4.15. The number of piperidine rings is 1. The summed E-state index contributed by atoms with van der Waals surface area (Å²) in [5.74, 6) is 1.02. The van der Waals surface area contributed by atoms with Crippen molar-refractivity contribution in [3.63, 3.8) is 0 Å². The van der Waals surface area contributed by atoms with Gasteiger partial charge in [-0.15, -0.1) is 0 Å². The van der Waals surface area contributed by atoms with Gasteiger partial charge in [-0.25, -0.2) is 9.59 Å². The summed E-state index contributed by atoms with van der Waals surface area (Å²) in [6.07, 6.45) is 10.5. The predicted molar refractivity (Wildman–Crippen MR) is 97.3 cm³/mol. The van der Waals surface area contributed by atoms with Gasteiger partial charge in [-0.3, -0.25) is 4.90 Å². The molecule has 1 saturated carbocycles. The van der Waals surface area contributed by atoms with E-state index >= 15 is 0 Å². The largest absolute Gasteiger partial charge is 0.467 e. The summed E-state index contributed by atoms with van der Waals surface area (Å²) in [4.78, 5) is 26.2. The Morgan fingerprint density at radius 2 is 1.64 bits per heavy atom. The van der Waals surface area contributed by atoms with Crippen LogP contribution in [0, 0.1) is 11.8 Å². The summed E-state index contributed by atoms with van der Waals surface area (Å²) >= 11 is 0. The number of carbonyl (C=O) groups excluding carboxylic acids is 2. The van der Waals surface area contributed by atoms with E-state index in [9.17, 15) is 9.59 Å². The maximum Gasteiger partial charge on any atom is 0.411 e. The number of hydrogen-bond donors (Lipinski definition) is 0. The van der Waals surface area contributed by atoms with Gasteiger partial charge in [-0.2, -0.15) is 0 Å². The van der Waals surface area contributed by atoms with Crippen LogP contribution >= 0.6 is 0 Å². The predicted octanol–water partition coefficient (Wildman–Crippen LogP) is 4.54. The van der Waals surface area contributed by atoms with Gasteiger partial charge in [0.1, 0.15) is 11.6 Å². The summed E-state index contributed by atoms with van der Waals surface area (Å²) in [6.45, 7) is 6.10. The number of carbonyl (C=O) groups is 2. The minimum absolute atomic E-state index is 0.326. The number of esters is 1. The Morgan fingerprint density at radius 3 is 2.24 bits per heavy atom. The van der Waals surface area contributed by atoms with E-state index in [1.807, 2.05) is 20.8 Å². The average molecular weight is 354 g/mol. The highest BCUT2D eigenvalue weighted by molar-refractivity contribution is 5.81. The maximum atomic E-state index is 12.5. The molecule has 0 bridgehead atoms. The van der Waals surface area contributed by atoms with Crippen LogP contribution in [-0.2, 0) is 14.3 Å². The molecule has 0 spiro atoms. The number of nitrogens with zero attached hydrogens (tertiary/aromatic N) is 1. The standard InChI is InChI=1S/C20H35NO4/c1-20(2,3)25-19(23)21-13-12-16(14-17(21)18(22)24-4)11-10-15-8-6-5-7-9-15/h15-17H,5-14H2,1-4H3. The van der Waals surface area contributed by atoms with Crippen LogP contribution in [-0.4, -0.2) is 42.3 Å². The summed E-state index contributed by atoms with van der Waals surface area (Å²) in [7, 11) is 1.39. The van der Waals surface area contributed by atoms with E-state index in [-0.39, 0.29) is 5.97 Å². The molecule has 1 amide bonds. The monoisotopic (exact) mass is 353 g/mol. The van der Waals surface area contributed by atoms with Crippen molar-refractivity contribution in [3.05, 3.63) is 0 Å². The maximum absolute atomic E-state index is 12.5. The molecular weight excluding hydrogens is 318 g/mol. The van der Waals surface area contributed by atoms with E-state index in [2.05, 4.69) is 0 Å². The first kappa shape index (κ1) is 20.1. The Kier molecular flexibility index (Phi) is 7.14. The van der Waals surface area contributed by atoms with E-state index < -0.39 is 17.7 Å². The van der Waals surface area contributed by atoms with Crippen molar-refractivity contribution in [1.82, 2.24) is 4.90 Å². The topological polar surface area (TPSA) is 55.8 Å². The van der Waals surface area contributed by atoms with Crippen molar-refractivity contribution >= 4 is 12.1 Å². The van der Waals surface area contributed by atoms with Crippen molar-refractivity contribution in [1.29, 1.82) is 0 Å². The number of ether oxygens (including phenoxy) is 2. The highest BCUT2D eigenvalue weighted by Gasteiger charge is 2.38. The van der Waals surface area contributed by atoms with Crippen LogP contribution in [0.25, 0.3) is 0 Å². The fraction of sp³-hybridized carbons (Fsp3) is 0.900. The van der Waals surface area contributed by atoms with Crippen molar-refractivity contribution in [2.75, 3.05) is 13.7 Å². The van der Waals surface area contributed by atoms with Crippen LogP contribution in [0.1, 0.15) is 78.6 Å². The zero-order valence-electron chi connectivity index (χ0n) is 16.4. The average Bonchev–Trinajstić information content (AvgIpc) is 2.58. The molecule has 1 aliphatic carbocycles. The first-order valence-corrected chi connectivity index (χ1v) is 9.87. The molecule has 5 heteroatoms. The second-order valence-corrected chi connectivity index (χ2v) is 8.68. The van der Waals surface area contributed by atoms with Gasteiger partial charge in [0.2, 0.25) is 0 Å². The van der Waals surface area contributed by atoms with E-state index in [0.29, 0.717) is 18.9 Å². The molecule has 2 unspecified atom stereocenters. The zero-order chi connectivity index (χ0) is 18.4. The normalized spacial score (nSPS) is 25.5. The highest BCUT2D eigenvalue weighted by Crippen LogP contribution is 2.33. The van der Waals surface area contributed by atoms with Gasteiger partial charge >= 0.3 is 12.1 Å². The molecule has 2 rings (SSSR count). The summed E-state index contributed by atoms with van der Waals surface area (Å²) in [6, 6.07) is -0.509. The van der Waals surface area contributed by atoms with E-state index in [1.165, 1.54) is 45.6 Å². The lowest BCUT2D eigenvalue weighted by Gasteiger charge is -2.38. The van der Waals surface area contributed by atoms with Gasteiger partial charge in [0, 0.05) is 6.54 Å². The SMILES string of the molecule is COC(=O)C1CC(CCC2CCCCC2)CCN1C(=O)OC(C)(C)C. The zero-order valence-corrected chi connectivity index (χ0v) is 16.4. The van der Waals surface area contributed by atoms with Gasteiger partial charge in [0.15, 0.2) is 0 Å². The van der Waals surface area contributed by atoms with Crippen LogP contribution < -0.4 is 0 Å². The Labute approximate surface area is 152 Å². The molecule has 1 saturated heterocycles. The lowest BCUT2D eigenvalue weighted by atomic mass is 9.81. The third kappa shape index (κ3) is 6.19. The second-order valence-electron chi connectivity index (χ2n) is 8.68. The van der Waals surface area contributed by atoms with Crippen molar-refractivity contribution in [2.24, 2.45) is 11.8 Å². The molecule has 0 aromatic carbocycles. The Balaban J connectivity index is 1.92. The smallest absolute Gasteiger partial charge is 0.411 e. The summed E-state index contributed by atoms with van der Waals surface area (Å²) in [5, 5.41) is 0. The molecule has 25 heavy (non-hydrogen) atoms. The molecular formula is C20H35NO4. The molecule has 0 aromatic rings. The Morgan fingerprint density at radius 1 is 1.00 bits per heavy atom. The summed E-state index contributed by atoms with van der Waals surface area (Å²) in [5.41, 5.74) is -0.560. The van der Waals surface area contributed by atoms with Crippen molar-refractivity contribution < 1.29 is 19.1 Å². The van der Waals surface area contributed by atoms with Gasteiger partial charge in [-0.1, -0.05) is 44.9 Å². The third-order valence-electron chi connectivity index (χ3n) is 5.52. The summed E-state index contributed by atoms with van der Waals surface area (Å²) < 4.78 is 10.4. The van der Waals surface area contributed by atoms with Crippen molar-refractivity contribution in [3.8, 4) is 0 Å². The van der Waals surface area contributed by atoms with Gasteiger partial charge in [0.25, 0.3) is 0 Å². The molecule has 144 valence electrons. The molecule has 5 nitrogen and oxygen atoms in total. The number of likely N-dealkylation sites (tertiary alicyclic amines) is 1. The lowest BCUT2D eigenvalue weighted by Crippen LogP contribution is -2.52. The molecule has 1 heterocycles. The number of hydrogen-bond acceptors (Lipinski definition) is 4. The Bertz CT molecular complexity index is 451. The molecule has 2 aliphatic rings. The lowest BCUT2D eigenvalue weighted by molar-refractivity contribution is -0.149. The number of amides is 1. The first-order chi connectivity index (χ1) is 11.8. The molecule has 0 aromatic heterocycles. The van der Waals surface area contributed by atoms with Crippen LogP contribution in [0.3, 0.4) is 0 Å². The van der Waals surface area contributed by atoms with E-state index in [0.717, 1.165) is 18.8 Å². The van der Waals surface area contributed by atoms with Gasteiger partial charge < -0.3 is 9.47 Å². The minimum Gasteiger partial charge on any atom is -0.467 e. The minimum atomic E-state index is -0.560. The molecule has 2 atom stereocenters. The van der Waals surface area contributed by atoms with Crippen LogP contribution in [0.2, 0.25) is 0 Å². The van der Waals surface area contributed by atoms with E-state index in [4.69, 9.17) is 9.47 Å². The highest BCUT2D eigenvalue weighted by atomic mass is 16.6. The Hall–Kier alpha value is -1.26. The van der Waals surface area contributed by atoms with Crippen LogP contribution in [0.5, 0.6) is 0 Å². The molecule has 0 radical (unpaired) electrons. The first-order valence-electron chi connectivity index (χ1n) is 9.87. The van der Waals surface area contributed by atoms with Gasteiger partial charge in [-0.05, 0) is 45.4 Å². The third-order valence-corrected chi connectivity index (χ3v) is 5.52. The number of rotatable bonds is 4. The second kappa shape index (κ2) is 8.91. The molecule has 0 N–H and O–H groups in total. The van der Waals surface area contributed by atoms with Gasteiger partial charge in [0.05, 0.1) is 7.11 Å². The van der Waals surface area contributed by atoms with Crippen LogP contribution in [0.4, 0.5) is 4.79 Å². The fourth-order valence-electron chi connectivity index (χ4n) is 4.15. The quantitative estimate of drug-likeness (QED) is 0.697. The molecule has 2 fully saturated rings. The van der Waals surface area contributed by atoms with Crippen LogP contribution in [0.15, 0.2) is 0 Å².